The first kappa shape index (κ1) is 18.3. The van der Waals surface area contributed by atoms with Gasteiger partial charge in [0.2, 0.25) is 0 Å². The largest absolute Gasteiger partial charge is 0.491 e. The highest BCUT2D eigenvalue weighted by Crippen LogP contribution is 2.15. The van der Waals surface area contributed by atoms with E-state index >= 15 is 0 Å². The predicted octanol–water partition coefficient (Wildman–Crippen LogP) is 1.96. The Labute approximate surface area is 132 Å². The standard InChI is InChI=1S/C16H27N3O3/c1-4-9-17-16(21)19-13-5-7-15(8-6-13)22-11-14(20)10-18-12(2)3/h5-8,12,14,18,20H,4,9-11H2,1-3H3,(H2,17,19,21). The van der Waals surface area contributed by atoms with Gasteiger partial charge in [-0.3, -0.25) is 0 Å². The number of amides is 2. The van der Waals surface area contributed by atoms with Crippen LogP contribution >= 0.6 is 0 Å². The molecular weight excluding hydrogens is 282 g/mol. The van der Waals surface area contributed by atoms with E-state index in [1.807, 2.05) is 20.8 Å². The summed E-state index contributed by atoms with van der Waals surface area (Å²) in [6, 6.07) is 7.17. The lowest BCUT2D eigenvalue weighted by atomic mass is 10.3. The van der Waals surface area contributed by atoms with Crippen LogP contribution in [0.1, 0.15) is 27.2 Å². The highest BCUT2D eigenvalue weighted by Gasteiger charge is 2.06. The van der Waals surface area contributed by atoms with Gasteiger partial charge in [0.05, 0.1) is 0 Å². The number of hydrogen-bond acceptors (Lipinski definition) is 4. The molecule has 0 spiro atoms. The first-order chi connectivity index (χ1) is 10.5. The van der Waals surface area contributed by atoms with Crippen LogP contribution in [0.5, 0.6) is 5.75 Å². The number of anilines is 1. The van der Waals surface area contributed by atoms with Crippen molar-refractivity contribution in [1.29, 1.82) is 0 Å². The monoisotopic (exact) mass is 309 g/mol. The Kier molecular flexibility index (Phi) is 8.32. The smallest absolute Gasteiger partial charge is 0.319 e. The molecule has 0 fully saturated rings. The van der Waals surface area contributed by atoms with Gasteiger partial charge in [-0.15, -0.1) is 0 Å². The van der Waals surface area contributed by atoms with Gasteiger partial charge in [0.1, 0.15) is 18.5 Å². The molecule has 6 heteroatoms. The van der Waals surface area contributed by atoms with Crippen LogP contribution in [0.3, 0.4) is 0 Å². The molecule has 0 saturated heterocycles. The molecule has 1 atom stereocenters. The SMILES string of the molecule is CCCNC(=O)Nc1ccc(OCC(O)CNC(C)C)cc1. The van der Waals surface area contributed by atoms with Crippen molar-refractivity contribution in [2.24, 2.45) is 0 Å². The second kappa shape index (κ2) is 10.0. The highest BCUT2D eigenvalue weighted by atomic mass is 16.5. The van der Waals surface area contributed by atoms with Crippen molar-refractivity contribution in [2.75, 3.05) is 25.0 Å². The number of aliphatic hydroxyl groups excluding tert-OH is 1. The zero-order valence-corrected chi connectivity index (χ0v) is 13.6. The lowest BCUT2D eigenvalue weighted by molar-refractivity contribution is 0.104. The van der Waals surface area contributed by atoms with Gasteiger partial charge in [-0.05, 0) is 30.7 Å². The maximum absolute atomic E-state index is 11.5. The van der Waals surface area contributed by atoms with E-state index in [1.165, 1.54) is 0 Å². The highest BCUT2D eigenvalue weighted by molar-refractivity contribution is 5.89. The average Bonchev–Trinajstić information content (AvgIpc) is 2.50. The van der Waals surface area contributed by atoms with Crippen molar-refractivity contribution in [3.8, 4) is 5.75 Å². The van der Waals surface area contributed by atoms with E-state index in [0.29, 0.717) is 30.6 Å². The molecule has 0 saturated carbocycles. The van der Waals surface area contributed by atoms with Gasteiger partial charge in [-0.1, -0.05) is 20.8 Å². The van der Waals surface area contributed by atoms with Crippen molar-refractivity contribution in [1.82, 2.24) is 10.6 Å². The number of carbonyl (C=O) groups is 1. The van der Waals surface area contributed by atoms with Crippen molar-refractivity contribution >= 4 is 11.7 Å². The number of urea groups is 1. The molecule has 0 bridgehead atoms. The number of benzene rings is 1. The summed E-state index contributed by atoms with van der Waals surface area (Å²) in [5, 5.41) is 18.4. The van der Waals surface area contributed by atoms with E-state index in [1.54, 1.807) is 24.3 Å². The van der Waals surface area contributed by atoms with Gasteiger partial charge in [0.15, 0.2) is 0 Å². The summed E-state index contributed by atoms with van der Waals surface area (Å²) < 4.78 is 5.51. The summed E-state index contributed by atoms with van der Waals surface area (Å²) in [7, 11) is 0. The van der Waals surface area contributed by atoms with Crippen LogP contribution in [0.15, 0.2) is 24.3 Å². The second-order valence-corrected chi connectivity index (χ2v) is 5.43. The van der Waals surface area contributed by atoms with Crippen LogP contribution in [-0.2, 0) is 0 Å². The van der Waals surface area contributed by atoms with Crippen LogP contribution in [-0.4, -0.2) is 43.0 Å². The molecule has 124 valence electrons. The Hall–Kier alpha value is -1.79. The summed E-state index contributed by atoms with van der Waals surface area (Å²) in [4.78, 5) is 11.5. The number of nitrogens with one attached hydrogen (secondary N) is 3. The quantitative estimate of drug-likeness (QED) is 0.562. The topological polar surface area (TPSA) is 82.6 Å². The zero-order chi connectivity index (χ0) is 16.4. The molecule has 0 aliphatic rings. The number of hydrogen-bond donors (Lipinski definition) is 4. The molecule has 0 aromatic heterocycles. The molecule has 1 aromatic carbocycles. The van der Waals surface area contributed by atoms with Crippen LogP contribution in [0.2, 0.25) is 0 Å². The van der Waals surface area contributed by atoms with E-state index in [2.05, 4.69) is 16.0 Å². The van der Waals surface area contributed by atoms with Crippen molar-refractivity contribution in [3.05, 3.63) is 24.3 Å². The molecule has 1 aromatic rings. The Bertz CT molecular complexity index is 435. The normalized spacial score (nSPS) is 12.0. The number of aliphatic hydroxyl groups is 1. The van der Waals surface area contributed by atoms with E-state index in [0.717, 1.165) is 6.42 Å². The molecule has 6 nitrogen and oxygen atoms in total. The Morgan fingerprint density at radius 3 is 2.55 bits per heavy atom. The van der Waals surface area contributed by atoms with Gasteiger partial charge >= 0.3 is 6.03 Å². The Balaban J connectivity index is 2.33. The molecule has 1 unspecified atom stereocenters. The van der Waals surface area contributed by atoms with Gasteiger partial charge in [-0.25, -0.2) is 4.79 Å². The first-order valence-electron chi connectivity index (χ1n) is 7.70. The van der Waals surface area contributed by atoms with Gasteiger partial charge < -0.3 is 25.8 Å². The first-order valence-corrected chi connectivity index (χ1v) is 7.70. The van der Waals surface area contributed by atoms with Crippen LogP contribution in [0.4, 0.5) is 10.5 Å². The van der Waals surface area contributed by atoms with Gasteiger partial charge in [-0.2, -0.15) is 0 Å². The van der Waals surface area contributed by atoms with Crippen molar-refractivity contribution in [3.63, 3.8) is 0 Å². The Morgan fingerprint density at radius 1 is 1.27 bits per heavy atom. The third-order valence-electron chi connectivity index (χ3n) is 2.85. The third kappa shape index (κ3) is 7.85. The molecular formula is C16H27N3O3. The van der Waals surface area contributed by atoms with Crippen molar-refractivity contribution in [2.45, 2.75) is 39.3 Å². The van der Waals surface area contributed by atoms with Gasteiger partial charge in [0.25, 0.3) is 0 Å². The van der Waals surface area contributed by atoms with Gasteiger partial charge in [0, 0.05) is 24.8 Å². The zero-order valence-electron chi connectivity index (χ0n) is 13.6. The predicted molar refractivity (Wildman–Crippen MR) is 88.4 cm³/mol. The second-order valence-electron chi connectivity index (χ2n) is 5.43. The fourth-order valence-electron chi connectivity index (χ4n) is 1.67. The third-order valence-corrected chi connectivity index (χ3v) is 2.85. The van der Waals surface area contributed by atoms with E-state index in [4.69, 9.17) is 4.74 Å². The number of carbonyl (C=O) groups excluding carboxylic acids is 1. The molecule has 0 heterocycles. The summed E-state index contributed by atoms with van der Waals surface area (Å²) in [5.41, 5.74) is 0.697. The molecule has 22 heavy (non-hydrogen) atoms. The molecule has 0 aliphatic carbocycles. The fourth-order valence-corrected chi connectivity index (χ4v) is 1.67. The number of rotatable bonds is 9. The minimum absolute atomic E-state index is 0.217. The maximum Gasteiger partial charge on any atom is 0.319 e. The number of ether oxygens (including phenoxy) is 1. The Morgan fingerprint density at radius 2 is 1.95 bits per heavy atom. The van der Waals surface area contributed by atoms with Crippen LogP contribution in [0, 0.1) is 0 Å². The van der Waals surface area contributed by atoms with E-state index in [9.17, 15) is 9.90 Å². The molecule has 4 N–H and O–H groups in total. The summed E-state index contributed by atoms with van der Waals surface area (Å²) >= 11 is 0. The lowest BCUT2D eigenvalue weighted by Gasteiger charge is -2.15. The van der Waals surface area contributed by atoms with Crippen LogP contribution in [0.25, 0.3) is 0 Å². The molecule has 1 rings (SSSR count). The fraction of sp³-hybridized carbons (Fsp3) is 0.562. The van der Waals surface area contributed by atoms with Crippen LogP contribution < -0.4 is 20.7 Å². The maximum atomic E-state index is 11.5. The minimum Gasteiger partial charge on any atom is -0.491 e. The summed E-state index contributed by atoms with van der Waals surface area (Å²) in [6.07, 6.45) is 0.341. The minimum atomic E-state index is -0.556. The average molecular weight is 309 g/mol. The molecule has 0 aliphatic heterocycles. The summed E-state index contributed by atoms with van der Waals surface area (Å²) in [5.74, 6) is 0.656. The molecule has 2 amide bonds. The summed E-state index contributed by atoms with van der Waals surface area (Å²) in [6.45, 7) is 7.41. The molecule has 0 radical (unpaired) electrons. The van der Waals surface area contributed by atoms with Crippen molar-refractivity contribution < 1.29 is 14.6 Å². The lowest BCUT2D eigenvalue weighted by Crippen LogP contribution is -2.35. The van der Waals surface area contributed by atoms with E-state index in [-0.39, 0.29) is 12.6 Å². The van der Waals surface area contributed by atoms with E-state index < -0.39 is 6.10 Å².